The zero-order valence-electron chi connectivity index (χ0n) is 13.8. The summed E-state index contributed by atoms with van der Waals surface area (Å²) in [6.07, 6.45) is 7.08. The first-order chi connectivity index (χ1) is 11.8. The Morgan fingerprint density at radius 3 is 2.75 bits per heavy atom. The number of hydrogen-bond donors (Lipinski definition) is 2. The van der Waals surface area contributed by atoms with Crippen molar-refractivity contribution in [3.8, 4) is 0 Å². The molecule has 2 aromatic rings. The van der Waals surface area contributed by atoms with Crippen LogP contribution in [0.25, 0.3) is 0 Å². The number of likely N-dealkylation sites (tertiary alicyclic amines) is 1. The molecule has 1 aliphatic heterocycles. The Morgan fingerprint density at radius 1 is 1.17 bits per heavy atom. The first-order valence-corrected chi connectivity index (χ1v) is 8.52. The van der Waals surface area contributed by atoms with Gasteiger partial charge in [0, 0.05) is 12.7 Å². The lowest BCUT2D eigenvalue weighted by atomic mass is 10.1. The summed E-state index contributed by atoms with van der Waals surface area (Å²) in [6, 6.07) is 9.43. The molecule has 6 nitrogen and oxygen atoms in total. The number of carbonyl (C=O) groups excluding carboxylic acids is 1. The van der Waals surface area contributed by atoms with Gasteiger partial charge in [-0.1, -0.05) is 12.5 Å². The predicted molar refractivity (Wildman–Crippen MR) is 91.3 cm³/mol. The molecular formula is C18H24N4O2. The maximum Gasteiger partial charge on any atom is 0.315 e. The molecule has 2 amide bonds. The van der Waals surface area contributed by atoms with E-state index in [0.29, 0.717) is 13.1 Å². The fourth-order valence-corrected chi connectivity index (χ4v) is 3.05. The van der Waals surface area contributed by atoms with Gasteiger partial charge in [0.15, 0.2) is 0 Å². The molecule has 3 rings (SSSR count). The van der Waals surface area contributed by atoms with E-state index in [1.165, 1.54) is 19.3 Å². The highest BCUT2D eigenvalue weighted by Crippen LogP contribution is 2.24. The fraction of sp³-hybridized carbons (Fsp3) is 0.444. The lowest BCUT2D eigenvalue weighted by molar-refractivity contribution is 0.143. The number of pyridine rings is 1. The number of nitrogens with one attached hydrogen (secondary N) is 2. The van der Waals surface area contributed by atoms with Crippen molar-refractivity contribution in [3.05, 3.63) is 54.2 Å². The highest BCUT2D eigenvalue weighted by molar-refractivity contribution is 5.73. The molecule has 1 saturated heterocycles. The van der Waals surface area contributed by atoms with Crippen LogP contribution >= 0.6 is 0 Å². The Kier molecular flexibility index (Phi) is 5.85. The summed E-state index contributed by atoms with van der Waals surface area (Å²) >= 11 is 0. The number of carbonyl (C=O) groups is 1. The van der Waals surface area contributed by atoms with Crippen molar-refractivity contribution in [2.45, 2.75) is 31.8 Å². The minimum atomic E-state index is -0.186. The molecular weight excluding hydrogens is 304 g/mol. The third-order valence-electron chi connectivity index (χ3n) is 4.32. The minimum Gasteiger partial charge on any atom is -0.468 e. The van der Waals surface area contributed by atoms with Crippen molar-refractivity contribution in [1.29, 1.82) is 0 Å². The van der Waals surface area contributed by atoms with Crippen LogP contribution in [0.2, 0.25) is 0 Å². The van der Waals surface area contributed by atoms with E-state index in [9.17, 15) is 4.79 Å². The number of aromatic nitrogens is 1. The molecule has 128 valence electrons. The Bertz CT molecular complexity index is 609. The van der Waals surface area contributed by atoms with Crippen LogP contribution in [-0.2, 0) is 6.54 Å². The van der Waals surface area contributed by atoms with Gasteiger partial charge < -0.3 is 15.1 Å². The van der Waals surface area contributed by atoms with Crippen molar-refractivity contribution < 1.29 is 9.21 Å². The van der Waals surface area contributed by atoms with Crippen LogP contribution < -0.4 is 10.6 Å². The zero-order valence-corrected chi connectivity index (χ0v) is 13.8. The van der Waals surface area contributed by atoms with Gasteiger partial charge >= 0.3 is 6.03 Å². The van der Waals surface area contributed by atoms with E-state index in [1.807, 2.05) is 30.3 Å². The quantitative estimate of drug-likeness (QED) is 0.855. The average Bonchev–Trinajstić information content (AvgIpc) is 3.16. The second kappa shape index (κ2) is 8.49. The Morgan fingerprint density at radius 2 is 2.04 bits per heavy atom. The van der Waals surface area contributed by atoms with E-state index in [-0.39, 0.29) is 12.1 Å². The Hall–Kier alpha value is -2.34. The summed E-state index contributed by atoms with van der Waals surface area (Å²) in [5, 5.41) is 5.80. The van der Waals surface area contributed by atoms with Crippen molar-refractivity contribution in [2.24, 2.45) is 0 Å². The van der Waals surface area contributed by atoms with Gasteiger partial charge in [-0.05, 0) is 50.2 Å². The summed E-state index contributed by atoms with van der Waals surface area (Å²) < 4.78 is 5.59. The summed E-state index contributed by atoms with van der Waals surface area (Å²) in [6.45, 7) is 3.04. The molecule has 2 N–H and O–H groups in total. The molecule has 3 heterocycles. The SMILES string of the molecule is O=C(NCc1ccccn1)NC[C@@H](c1ccco1)N1CCCCC1. The first-order valence-electron chi connectivity index (χ1n) is 8.52. The molecule has 0 saturated carbocycles. The van der Waals surface area contributed by atoms with E-state index >= 15 is 0 Å². The summed E-state index contributed by atoms with van der Waals surface area (Å²) in [7, 11) is 0. The fourth-order valence-electron chi connectivity index (χ4n) is 3.05. The first kappa shape index (κ1) is 16.5. The van der Waals surface area contributed by atoms with Crippen LogP contribution in [0, 0.1) is 0 Å². The van der Waals surface area contributed by atoms with Gasteiger partial charge in [0.2, 0.25) is 0 Å². The number of nitrogens with zero attached hydrogens (tertiary/aromatic N) is 2. The van der Waals surface area contributed by atoms with Crippen LogP contribution in [0.15, 0.2) is 47.2 Å². The van der Waals surface area contributed by atoms with Gasteiger partial charge in [0.25, 0.3) is 0 Å². The van der Waals surface area contributed by atoms with Crippen molar-refractivity contribution >= 4 is 6.03 Å². The third kappa shape index (κ3) is 4.58. The van der Waals surface area contributed by atoms with E-state index < -0.39 is 0 Å². The topological polar surface area (TPSA) is 70.4 Å². The van der Waals surface area contributed by atoms with Crippen molar-refractivity contribution in [1.82, 2.24) is 20.5 Å². The Balaban J connectivity index is 1.52. The Labute approximate surface area is 142 Å². The molecule has 0 spiro atoms. The maximum atomic E-state index is 12.1. The standard InChI is InChI=1S/C18H24N4O2/c23-18(20-13-15-7-2-3-9-19-15)21-14-16(17-8-6-12-24-17)22-10-4-1-5-11-22/h2-3,6-9,12,16H,1,4-5,10-11,13-14H2,(H2,20,21,23)/t16-/m0/s1. The summed E-state index contributed by atoms with van der Waals surface area (Å²) in [5.74, 6) is 0.905. The van der Waals surface area contributed by atoms with Crippen LogP contribution in [0.4, 0.5) is 4.79 Å². The number of urea groups is 1. The molecule has 2 aromatic heterocycles. The molecule has 0 bridgehead atoms. The van der Waals surface area contributed by atoms with Gasteiger partial charge in [-0.2, -0.15) is 0 Å². The van der Waals surface area contributed by atoms with Gasteiger partial charge in [-0.25, -0.2) is 4.79 Å². The smallest absolute Gasteiger partial charge is 0.315 e. The summed E-state index contributed by atoms with van der Waals surface area (Å²) in [4.78, 5) is 18.7. The molecule has 0 aromatic carbocycles. The third-order valence-corrected chi connectivity index (χ3v) is 4.32. The second-order valence-corrected chi connectivity index (χ2v) is 6.01. The molecule has 1 atom stereocenters. The van der Waals surface area contributed by atoms with Gasteiger partial charge in [0.1, 0.15) is 5.76 Å². The van der Waals surface area contributed by atoms with Crippen LogP contribution in [0.1, 0.15) is 36.8 Å². The van der Waals surface area contributed by atoms with Crippen LogP contribution in [-0.4, -0.2) is 35.5 Å². The van der Waals surface area contributed by atoms with Gasteiger partial charge in [-0.3, -0.25) is 9.88 Å². The molecule has 0 unspecified atom stereocenters. The highest BCUT2D eigenvalue weighted by atomic mass is 16.3. The molecule has 0 aliphatic carbocycles. The van der Waals surface area contributed by atoms with Gasteiger partial charge in [0.05, 0.1) is 24.5 Å². The predicted octanol–water partition coefficient (Wildman–Crippen LogP) is 2.70. The summed E-state index contributed by atoms with van der Waals surface area (Å²) in [5.41, 5.74) is 0.839. The molecule has 24 heavy (non-hydrogen) atoms. The lowest BCUT2D eigenvalue weighted by Gasteiger charge is -2.33. The lowest BCUT2D eigenvalue weighted by Crippen LogP contribution is -2.43. The van der Waals surface area contributed by atoms with Crippen LogP contribution in [0.3, 0.4) is 0 Å². The van der Waals surface area contributed by atoms with Gasteiger partial charge in [-0.15, -0.1) is 0 Å². The number of piperidine rings is 1. The number of amides is 2. The second-order valence-electron chi connectivity index (χ2n) is 6.01. The molecule has 1 fully saturated rings. The average molecular weight is 328 g/mol. The number of rotatable bonds is 6. The molecule has 0 radical (unpaired) electrons. The van der Waals surface area contributed by atoms with E-state index in [1.54, 1.807) is 12.5 Å². The normalized spacial score (nSPS) is 16.5. The van der Waals surface area contributed by atoms with Crippen molar-refractivity contribution in [2.75, 3.05) is 19.6 Å². The highest BCUT2D eigenvalue weighted by Gasteiger charge is 2.24. The molecule has 1 aliphatic rings. The number of hydrogen-bond acceptors (Lipinski definition) is 4. The van der Waals surface area contributed by atoms with E-state index in [4.69, 9.17) is 4.42 Å². The molecule has 6 heteroatoms. The van der Waals surface area contributed by atoms with E-state index in [2.05, 4.69) is 20.5 Å². The number of furan rings is 1. The van der Waals surface area contributed by atoms with Crippen molar-refractivity contribution in [3.63, 3.8) is 0 Å². The minimum absolute atomic E-state index is 0.0842. The maximum absolute atomic E-state index is 12.1. The zero-order chi connectivity index (χ0) is 16.6. The van der Waals surface area contributed by atoms with Crippen LogP contribution in [0.5, 0.6) is 0 Å². The van der Waals surface area contributed by atoms with E-state index in [0.717, 1.165) is 24.5 Å². The monoisotopic (exact) mass is 328 g/mol. The largest absolute Gasteiger partial charge is 0.468 e.